The number of nitrogens with one attached hydrogen (secondary N) is 1. The van der Waals surface area contributed by atoms with E-state index in [9.17, 15) is 4.79 Å². The lowest BCUT2D eigenvalue weighted by molar-refractivity contribution is -0.130. The van der Waals surface area contributed by atoms with E-state index in [4.69, 9.17) is 5.84 Å². The molecule has 98 valence electrons. The molecule has 6 nitrogen and oxygen atoms in total. The first-order chi connectivity index (χ1) is 8.69. The summed E-state index contributed by atoms with van der Waals surface area (Å²) in [5.41, 5.74) is 3.66. The van der Waals surface area contributed by atoms with Crippen LogP contribution in [0, 0.1) is 0 Å². The molecule has 2 heterocycles. The van der Waals surface area contributed by atoms with Crippen molar-refractivity contribution in [3.63, 3.8) is 0 Å². The van der Waals surface area contributed by atoms with Crippen molar-refractivity contribution in [2.45, 2.75) is 13.5 Å². The SMILES string of the molecule is CC(=O)N1CCN(Cc2ccc(NN)nc2)CC1. The maximum atomic E-state index is 11.2. The number of nitrogens with zero attached hydrogens (tertiary/aromatic N) is 3. The fourth-order valence-corrected chi connectivity index (χ4v) is 2.08. The quantitative estimate of drug-likeness (QED) is 0.584. The monoisotopic (exact) mass is 249 g/mol. The number of nitrogen functional groups attached to an aromatic ring is 1. The molecule has 1 aliphatic heterocycles. The summed E-state index contributed by atoms with van der Waals surface area (Å²) >= 11 is 0. The Bertz CT molecular complexity index is 397. The minimum atomic E-state index is 0.162. The molecular weight excluding hydrogens is 230 g/mol. The van der Waals surface area contributed by atoms with E-state index in [0.717, 1.165) is 38.3 Å². The van der Waals surface area contributed by atoms with Gasteiger partial charge in [0, 0.05) is 45.8 Å². The Kier molecular flexibility index (Phi) is 4.11. The lowest BCUT2D eigenvalue weighted by atomic mass is 10.2. The average molecular weight is 249 g/mol. The molecule has 0 aliphatic carbocycles. The van der Waals surface area contributed by atoms with Crippen LogP contribution in [0.3, 0.4) is 0 Å². The lowest BCUT2D eigenvalue weighted by Gasteiger charge is -2.34. The molecule has 1 amide bonds. The molecule has 1 aromatic heterocycles. The van der Waals surface area contributed by atoms with E-state index in [1.165, 1.54) is 0 Å². The van der Waals surface area contributed by atoms with Gasteiger partial charge in [0.25, 0.3) is 0 Å². The van der Waals surface area contributed by atoms with E-state index in [2.05, 4.69) is 15.3 Å². The van der Waals surface area contributed by atoms with E-state index < -0.39 is 0 Å². The van der Waals surface area contributed by atoms with Gasteiger partial charge < -0.3 is 10.3 Å². The van der Waals surface area contributed by atoms with Crippen LogP contribution in [0.2, 0.25) is 0 Å². The maximum Gasteiger partial charge on any atom is 0.219 e. The third-order valence-corrected chi connectivity index (χ3v) is 3.20. The third-order valence-electron chi connectivity index (χ3n) is 3.20. The largest absolute Gasteiger partial charge is 0.340 e. The van der Waals surface area contributed by atoms with Crippen LogP contribution in [0.4, 0.5) is 5.82 Å². The second kappa shape index (κ2) is 5.79. The van der Waals surface area contributed by atoms with Gasteiger partial charge in [-0.25, -0.2) is 10.8 Å². The van der Waals surface area contributed by atoms with Crippen molar-refractivity contribution in [3.8, 4) is 0 Å². The van der Waals surface area contributed by atoms with E-state index >= 15 is 0 Å². The Morgan fingerprint density at radius 2 is 2.11 bits per heavy atom. The van der Waals surface area contributed by atoms with Crippen molar-refractivity contribution in [1.29, 1.82) is 0 Å². The van der Waals surface area contributed by atoms with Gasteiger partial charge in [0.15, 0.2) is 0 Å². The van der Waals surface area contributed by atoms with E-state index in [0.29, 0.717) is 5.82 Å². The molecule has 0 spiro atoms. The maximum absolute atomic E-state index is 11.2. The van der Waals surface area contributed by atoms with Crippen LogP contribution in [0.1, 0.15) is 12.5 Å². The molecule has 0 bridgehead atoms. The molecule has 0 aromatic carbocycles. The molecule has 0 unspecified atom stereocenters. The summed E-state index contributed by atoms with van der Waals surface area (Å²) in [5.74, 6) is 6.10. The van der Waals surface area contributed by atoms with E-state index in [1.54, 1.807) is 6.92 Å². The van der Waals surface area contributed by atoms with Gasteiger partial charge in [0.05, 0.1) is 0 Å². The zero-order valence-corrected chi connectivity index (χ0v) is 10.6. The molecule has 18 heavy (non-hydrogen) atoms. The highest BCUT2D eigenvalue weighted by molar-refractivity contribution is 5.73. The molecular formula is C12H19N5O. The van der Waals surface area contributed by atoms with Gasteiger partial charge in [-0.05, 0) is 11.6 Å². The molecule has 6 heteroatoms. The Morgan fingerprint density at radius 3 is 2.61 bits per heavy atom. The van der Waals surface area contributed by atoms with Gasteiger partial charge in [-0.3, -0.25) is 9.69 Å². The Balaban J connectivity index is 1.85. The minimum absolute atomic E-state index is 0.162. The van der Waals surface area contributed by atoms with Crippen molar-refractivity contribution in [1.82, 2.24) is 14.8 Å². The van der Waals surface area contributed by atoms with Crippen molar-refractivity contribution >= 4 is 11.7 Å². The number of hydrazine groups is 1. The number of rotatable bonds is 3. The molecule has 1 aromatic rings. The zero-order chi connectivity index (χ0) is 13.0. The first kappa shape index (κ1) is 12.8. The number of pyridine rings is 1. The summed E-state index contributed by atoms with van der Waals surface area (Å²) in [5, 5.41) is 0. The average Bonchev–Trinajstić information content (AvgIpc) is 2.40. The molecule has 0 atom stereocenters. The number of anilines is 1. The molecule has 0 radical (unpaired) electrons. The number of carbonyl (C=O) groups excluding carboxylic acids is 1. The number of nitrogens with two attached hydrogens (primary N) is 1. The fourth-order valence-electron chi connectivity index (χ4n) is 2.08. The Hall–Kier alpha value is -1.66. The molecule has 1 aliphatic rings. The Morgan fingerprint density at radius 1 is 1.39 bits per heavy atom. The topological polar surface area (TPSA) is 74.5 Å². The summed E-state index contributed by atoms with van der Waals surface area (Å²) < 4.78 is 0. The first-order valence-corrected chi connectivity index (χ1v) is 6.08. The second-order valence-corrected chi connectivity index (χ2v) is 4.48. The molecule has 1 fully saturated rings. The number of hydrogen-bond acceptors (Lipinski definition) is 5. The normalized spacial score (nSPS) is 16.7. The van der Waals surface area contributed by atoms with Gasteiger partial charge in [-0.15, -0.1) is 0 Å². The summed E-state index contributed by atoms with van der Waals surface area (Å²) in [6.07, 6.45) is 1.83. The van der Waals surface area contributed by atoms with Crippen LogP contribution in [-0.4, -0.2) is 46.9 Å². The summed E-state index contributed by atoms with van der Waals surface area (Å²) in [4.78, 5) is 19.6. The molecule has 1 saturated heterocycles. The van der Waals surface area contributed by atoms with Crippen molar-refractivity contribution in [2.75, 3.05) is 31.6 Å². The van der Waals surface area contributed by atoms with Crippen molar-refractivity contribution in [3.05, 3.63) is 23.9 Å². The van der Waals surface area contributed by atoms with Gasteiger partial charge >= 0.3 is 0 Å². The third kappa shape index (κ3) is 3.18. The summed E-state index contributed by atoms with van der Waals surface area (Å²) in [6, 6.07) is 3.88. The minimum Gasteiger partial charge on any atom is -0.340 e. The smallest absolute Gasteiger partial charge is 0.219 e. The number of hydrogen-bond donors (Lipinski definition) is 2. The molecule has 0 saturated carbocycles. The van der Waals surface area contributed by atoms with Gasteiger partial charge in [-0.1, -0.05) is 6.07 Å². The highest BCUT2D eigenvalue weighted by atomic mass is 16.2. The van der Waals surface area contributed by atoms with Crippen LogP contribution in [0.5, 0.6) is 0 Å². The molecule has 3 N–H and O–H groups in total. The Labute approximate surface area is 107 Å². The number of amides is 1. The predicted molar refractivity (Wildman–Crippen MR) is 69.6 cm³/mol. The summed E-state index contributed by atoms with van der Waals surface area (Å²) in [7, 11) is 0. The molecule has 2 rings (SSSR count). The number of carbonyl (C=O) groups is 1. The van der Waals surface area contributed by atoms with Gasteiger partial charge in [0.1, 0.15) is 5.82 Å². The second-order valence-electron chi connectivity index (χ2n) is 4.48. The van der Waals surface area contributed by atoms with Crippen LogP contribution in [0.15, 0.2) is 18.3 Å². The lowest BCUT2D eigenvalue weighted by Crippen LogP contribution is -2.47. The highest BCUT2D eigenvalue weighted by Gasteiger charge is 2.18. The highest BCUT2D eigenvalue weighted by Crippen LogP contribution is 2.09. The first-order valence-electron chi connectivity index (χ1n) is 6.08. The standard InChI is InChI=1S/C12H19N5O/c1-10(18)17-6-4-16(5-7-17)9-11-2-3-12(15-13)14-8-11/h2-3,8H,4-7,9,13H2,1H3,(H,14,15). The van der Waals surface area contributed by atoms with Crippen LogP contribution in [0.25, 0.3) is 0 Å². The fraction of sp³-hybridized carbons (Fsp3) is 0.500. The van der Waals surface area contributed by atoms with Gasteiger partial charge in [0.2, 0.25) is 5.91 Å². The van der Waals surface area contributed by atoms with Gasteiger partial charge in [-0.2, -0.15) is 0 Å². The van der Waals surface area contributed by atoms with E-state index in [-0.39, 0.29) is 5.91 Å². The predicted octanol–water partition coefficient (Wildman–Crippen LogP) is 0.0313. The van der Waals surface area contributed by atoms with Crippen LogP contribution < -0.4 is 11.3 Å². The number of piperazine rings is 1. The number of aromatic nitrogens is 1. The van der Waals surface area contributed by atoms with E-state index in [1.807, 2.05) is 23.2 Å². The van der Waals surface area contributed by atoms with Crippen molar-refractivity contribution < 1.29 is 4.79 Å². The van der Waals surface area contributed by atoms with Crippen molar-refractivity contribution in [2.24, 2.45) is 5.84 Å². The van der Waals surface area contributed by atoms with Crippen LogP contribution in [-0.2, 0) is 11.3 Å². The summed E-state index contributed by atoms with van der Waals surface area (Å²) in [6.45, 7) is 5.94. The van der Waals surface area contributed by atoms with Crippen LogP contribution >= 0.6 is 0 Å². The zero-order valence-electron chi connectivity index (χ0n) is 10.6.